The van der Waals surface area contributed by atoms with Gasteiger partial charge in [-0.2, -0.15) is 22.7 Å². The highest BCUT2D eigenvalue weighted by Crippen LogP contribution is 2.67. The summed E-state index contributed by atoms with van der Waals surface area (Å²) in [6, 6.07) is 5.36. The number of fused-ring (bicyclic) bond motifs is 6. The second-order valence-electron chi connectivity index (χ2n) is 13.8. The highest BCUT2D eigenvalue weighted by atomic mass is 35.5. The fraction of sp³-hybridized carbons (Fsp3) is 0.400. The van der Waals surface area contributed by atoms with Crippen LogP contribution in [0.1, 0.15) is 64.7 Å². The van der Waals surface area contributed by atoms with Crippen molar-refractivity contribution in [3.8, 4) is 5.75 Å². The minimum atomic E-state index is -4.62. The highest BCUT2D eigenvalue weighted by molar-refractivity contribution is 6.33. The largest absolute Gasteiger partial charge is 0.505 e. The van der Waals surface area contributed by atoms with Crippen molar-refractivity contribution in [2.45, 2.75) is 49.7 Å². The van der Waals surface area contributed by atoms with Crippen molar-refractivity contribution < 1.29 is 32.7 Å². The number of piperidine rings is 1. The van der Waals surface area contributed by atoms with E-state index in [0.717, 1.165) is 30.2 Å². The third kappa shape index (κ3) is 5.77. The Balaban J connectivity index is 1.17. The standard InChI is InChI=1S/C35H33ClF3N9O5/c1-40-33(53)46-11-6-18(7-12-46)29-43-32-47(17-25(50)42-23-5-4-19(15-22(23)36)35(37,38)39)28-20-16-21(20)34(26(28)30(51)48(32)44-29)8-13-45(14-9-34)31(52)27-24(49)3-2-10-41-27/h2-6,10,15,20-21,49H,7-9,11-14,16-17H2,1H3,(H,40,53)(H,42,50)/t20-,21+/m0/s1. The summed E-state index contributed by atoms with van der Waals surface area (Å²) in [5.41, 5.74) is -0.100. The highest BCUT2D eigenvalue weighted by Gasteiger charge is 2.64. The number of alkyl halides is 3. The van der Waals surface area contributed by atoms with Gasteiger partial charge in [-0.15, -0.1) is 5.10 Å². The van der Waals surface area contributed by atoms with Crippen molar-refractivity contribution in [3.63, 3.8) is 0 Å². The van der Waals surface area contributed by atoms with E-state index < -0.39 is 29.0 Å². The van der Waals surface area contributed by atoms with Crippen molar-refractivity contribution in [2.24, 2.45) is 5.92 Å². The molecule has 3 aromatic heterocycles. The monoisotopic (exact) mass is 751 g/mol. The van der Waals surface area contributed by atoms with E-state index in [4.69, 9.17) is 16.6 Å². The number of hydrogen-bond donors (Lipinski definition) is 3. The molecular weight excluding hydrogens is 719 g/mol. The number of urea groups is 1. The first-order chi connectivity index (χ1) is 25.3. The lowest BCUT2D eigenvalue weighted by Crippen LogP contribution is -2.48. The lowest BCUT2D eigenvalue weighted by Gasteiger charge is -2.41. The molecule has 1 saturated carbocycles. The number of nitrogens with one attached hydrogen (secondary N) is 2. The molecule has 53 heavy (non-hydrogen) atoms. The maximum atomic E-state index is 14.5. The number of amides is 4. The van der Waals surface area contributed by atoms with Gasteiger partial charge in [0.05, 0.1) is 16.3 Å². The van der Waals surface area contributed by atoms with E-state index in [1.165, 1.54) is 22.8 Å². The van der Waals surface area contributed by atoms with Crippen LogP contribution in [0.2, 0.25) is 5.02 Å². The van der Waals surface area contributed by atoms with E-state index in [1.54, 1.807) is 21.4 Å². The summed E-state index contributed by atoms with van der Waals surface area (Å²) in [5, 5.41) is 19.8. The van der Waals surface area contributed by atoms with Crippen LogP contribution in [0.3, 0.4) is 0 Å². The number of pyridine rings is 1. The molecule has 5 heterocycles. The van der Waals surface area contributed by atoms with Crippen LogP contribution in [-0.4, -0.2) is 90.1 Å². The molecule has 1 saturated heterocycles. The number of rotatable bonds is 5. The number of nitrogens with zero attached hydrogens (tertiary/aromatic N) is 7. The van der Waals surface area contributed by atoms with Gasteiger partial charge in [0.2, 0.25) is 11.7 Å². The second kappa shape index (κ2) is 12.6. The van der Waals surface area contributed by atoms with Crippen LogP contribution >= 0.6 is 11.6 Å². The van der Waals surface area contributed by atoms with Crippen LogP contribution in [-0.2, 0) is 22.9 Å². The Hall–Kier alpha value is -5.45. The maximum Gasteiger partial charge on any atom is 0.416 e. The van der Waals surface area contributed by atoms with Crippen molar-refractivity contribution >= 4 is 46.5 Å². The molecule has 0 bridgehead atoms. The van der Waals surface area contributed by atoms with Crippen LogP contribution in [0.5, 0.6) is 5.75 Å². The summed E-state index contributed by atoms with van der Waals surface area (Å²) in [6.07, 6.45) is 0.728. The average Bonchev–Trinajstić information content (AvgIpc) is 3.74. The Morgan fingerprint density at radius 2 is 1.89 bits per heavy atom. The van der Waals surface area contributed by atoms with Gasteiger partial charge in [0.15, 0.2) is 11.5 Å². The zero-order valence-corrected chi connectivity index (χ0v) is 29.0. The predicted octanol–water partition coefficient (Wildman–Crippen LogP) is 4.02. The summed E-state index contributed by atoms with van der Waals surface area (Å²) in [6.45, 7) is 0.975. The first-order valence-corrected chi connectivity index (χ1v) is 17.5. The molecule has 14 nitrogen and oxygen atoms in total. The number of benzene rings is 1. The van der Waals surface area contributed by atoms with Crippen LogP contribution in [0.4, 0.5) is 23.7 Å². The van der Waals surface area contributed by atoms with Crippen LogP contribution in [0.25, 0.3) is 11.4 Å². The molecule has 0 radical (unpaired) electrons. The summed E-state index contributed by atoms with van der Waals surface area (Å²) < 4.78 is 42.7. The summed E-state index contributed by atoms with van der Waals surface area (Å²) in [4.78, 5) is 65.8. The molecule has 18 heteroatoms. The van der Waals surface area contributed by atoms with Crippen molar-refractivity contribution in [3.05, 3.63) is 86.3 Å². The van der Waals surface area contributed by atoms with Gasteiger partial charge in [-0.05, 0) is 67.5 Å². The van der Waals surface area contributed by atoms with Gasteiger partial charge in [0.1, 0.15) is 12.3 Å². The fourth-order valence-corrected chi connectivity index (χ4v) is 8.52. The van der Waals surface area contributed by atoms with Gasteiger partial charge in [-0.25, -0.2) is 9.78 Å². The SMILES string of the molecule is CNC(=O)N1CC=C(c2nc3n(CC(=O)Nc4ccc(C(F)(F)F)cc4Cl)c4c(c(=O)n3n2)C2(CCN(C(=O)c3ncccc3O)CC2)[C@@H]2C[C@H]42)CC1. The number of likely N-dealkylation sites (tertiary alicyclic amines) is 1. The number of carbonyl (C=O) groups excluding carboxylic acids is 3. The predicted molar refractivity (Wildman–Crippen MR) is 185 cm³/mol. The summed E-state index contributed by atoms with van der Waals surface area (Å²) >= 11 is 6.16. The minimum absolute atomic E-state index is 0.00897. The Labute approximate surface area is 304 Å². The number of hydrogen-bond acceptors (Lipinski definition) is 8. The lowest BCUT2D eigenvalue weighted by atomic mass is 9.71. The molecule has 2 fully saturated rings. The van der Waals surface area contributed by atoms with E-state index in [2.05, 4.69) is 20.7 Å². The third-order valence-corrected chi connectivity index (χ3v) is 11.2. The molecule has 2 atom stereocenters. The molecule has 0 unspecified atom stereocenters. The molecule has 3 N–H and O–H groups in total. The Morgan fingerprint density at radius 3 is 2.55 bits per heavy atom. The Kier molecular flexibility index (Phi) is 8.23. The van der Waals surface area contributed by atoms with Gasteiger partial charge < -0.3 is 30.1 Å². The van der Waals surface area contributed by atoms with Gasteiger partial charge in [-0.1, -0.05) is 17.7 Å². The van der Waals surface area contributed by atoms with E-state index in [1.807, 2.05) is 6.08 Å². The molecule has 8 rings (SSSR count). The number of aromatic hydroxyl groups is 1. The molecule has 2 aliphatic heterocycles. The Morgan fingerprint density at radius 1 is 1.11 bits per heavy atom. The molecule has 1 aromatic carbocycles. The quantitative estimate of drug-likeness (QED) is 0.275. The maximum absolute atomic E-state index is 14.5. The topological polar surface area (TPSA) is 167 Å². The van der Waals surface area contributed by atoms with Gasteiger partial charge in [0.25, 0.3) is 11.5 Å². The molecule has 1 spiro atoms. The number of aromatic nitrogens is 5. The molecule has 4 amide bonds. The smallest absolute Gasteiger partial charge is 0.416 e. The van der Waals surface area contributed by atoms with E-state index >= 15 is 0 Å². The summed E-state index contributed by atoms with van der Waals surface area (Å²) in [5.74, 6) is -0.812. The zero-order valence-electron chi connectivity index (χ0n) is 28.3. The van der Waals surface area contributed by atoms with E-state index in [0.29, 0.717) is 56.7 Å². The Bertz CT molecular complexity index is 2300. The van der Waals surface area contributed by atoms with Crippen LogP contribution in [0.15, 0.2) is 47.4 Å². The molecule has 2 aliphatic carbocycles. The van der Waals surface area contributed by atoms with E-state index in [9.17, 15) is 37.5 Å². The van der Waals surface area contributed by atoms with Gasteiger partial charge in [-0.3, -0.25) is 14.4 Å². The normalized spacial score (nSPS) is 20.2. The van der Waals surface area contributed by atoms with Crippen LogP contribution < -0.4 is 16.2 Å². The van der Waals surface area contributed by atoms with Crippen LogP contribution in [0, 0.1) is 5.92 Å². The van der Waals surface area contributed by atoms with Gasteiger partial charge >= 0.3 is 12.2 Å². The summed E-state index contributed by atoms with van der Waals surface area (Å²) in [7, 11) is 1.55. The lowest BCUT2D eigenvalue weighted by molar-refractivity contribution is -0.137. The second-order valence-corrected chi connectivity index (χ2v) is 14.2. The van der Waals surface area contributed by atoms with Crippen molar-refractivity contribution in [2.75, 3.05) is 38.5 Å². The number of anilines is 1. The third-order valence-electron chi connectivity index (χ3n) is 10.9. The van der Waals surface area contributed by atoms with E-state index in [-0.39, 0.29) is 63.7 Å². The number of carbonyl (C=O) groups is 3. The molecule has 4 aliphatic rings. The van der Waals surface area contributed by atoms with Gasteiger partial charge in [0, 0.05) is 62.0 Å². The first kappa shape index (κ1) is 34.6. The average molecular weight is 752 g/mol. The molecular formula is C35H33ClF3N9O5. The van der Waals surface area contributed by atoms with Crippen molar-refractivity contribution in [1.29, 1.82) is 0 Å². The number of halogens is 4. The fourth-order valence-electron chi connectivity index (χ4n) is 8.29. The van der Waals surface area contributed by atoms with Crippen molar-refractivity contribution in [1.82, 2.24) is 39.3 Å². The zero-order chi connectivity index (χ0) is 37.4. The first-order valence-electron chi connectivity index (χ1n) is 17.1. The minimum Gasteiger partial charge on any atom is -0.505 e. The molecule has 276 valence electrons. The molecule has 4 aromatic rings.